The van der Waals surface area contributed by atoms with Crippen LogP contribution in [0.5, 0.6) is 0 Å². The van der Waals surface area contributed by atoms with Crippen LogP contribution in [0.1, 0.15) is 45.4 Å². The van der Waals surface area contributed by atoms with Gasteiger partial charge in [-0.1, -0.05) is 6.92 Å². The average Bonchev–Trinajstić information content (AvgIpc) is 2.48. The molecule has 0 spiro atoms. The third kappa shape index (κ3) is 3.76. The Balaban J connectivity index is 1.96. The van der Waals surface area contributed by atoms with Crippen molar-refractivity contribution in [2.24, 2.45) is 0 Å². The van der Waals surface area contributed by atoms with E-state index >= 15 is 0 Å². The number of hydrogen-bond acceptors (Lipinski definition) is 4. The maximum atomic E-state index is 11.7. The molecular formula is C16H31N3O2. The number of piperidine rings is 1. The number of aliphatic carboxylic acids is 1. The van der Waals surface area contributed by atoms with Crippen LogP contribution < -0.4 is 5.32 Å². The number of carboxylic acids is 1. The van der Waals surface area contributed by atoms with Crippen LogP contribution in [-0.4, -0.2) is 72.2 Å². The first kappa shape index (κ1) is 16.7. The molecule has 1 aliphatic carbocycles. The van der Waals surface area contributed by atoms with E-state index in [2.05, 4.69) is 29.2 Å². The Morgan fingerprint density at radius 2 is 2.00 bits per heavy atom. The molecule has 2 rings (SSSR count). The topological polar surface area (TPSA) is 55.8 Å². The summed E-state index contributed by atoms with van der Waals surface area (Å²) in [5.74, 6) is -0.669. The van der Waals surface area contributed by atoms with Gasteiger partial charge < -0.3 is 20.2 Å². The van der Waals surface area contributed by atoms with Gasteiger partial charge in [0.1, 0.15) is 5.54 Å². The molecule has 5 nitrogen and oxygen atoms in total. The van der Waals surface area contributed by atoms with Crippen LogP contribution in [0.3, 0.4) is 0 Å². The van der Waals surface area contributed by atoms with E-state index in [0.29, 0.717) is 12.1 Å². The summed E-state index contributed by atoms with van der Waals surface area (Å²) in [5.41, 5.74) is -0.698. The maximum absolute atomic E-state index is 11.7. The van der Waals surface area contributed by atoms with Gasteiger partial charge in [0.25, 0.3) is 0 Å². The van der Waals surface area contributed by atoms with Gasteiger partial charge in [0, 0.05) is 12.1 Å². The van der Waals surface area contributed by atoms with E-state index in [1.165, 1.54) is 12.8 Å². The molecular weight excluding hydrogens is 266 g/mol. The summed E-state index contributed by atoms with van der Waals surface area (Å²) >= 11 is 0. The number of likely N-dealkylation sites (tertiary alicyclic amines) is 1. The molecule has 0 aromatic heterocycles. The van der Waals surface area contributed by atoms with Gasteiger partial charge in [-0.2, -0.15) is 0 Å². The highest BCUT2D eigenvalue weighted by Crippen LogP contribution is 2.33. The summed E-state index contributed by atoms with van der Waals surface area (Å²) in [6.07, 6.45) is 6.07. The monoisotopic (exact) mass is 297 g/mol. The number of rotatable bonds is 5. The van der Waals surface area contributed by atoms with E-state index in [4.69, 9.17) is 0 Å². The van der Waals surface area contributed by atoms with Gasteiger partial charge in [-0.15, -0.1) is 0 Å². The van der Waals surface area contributed by atoms with Crippen molar-refractivity contribution in [1.82, 2.24) is 15.1 Å². The first-order chi connectivity index (χ1) is 9.98. The standard InChI is InChI=1S/C16H31N3O2/c1-4-17-16(15(20)21)9-5-6-14(12-16)19-10-7-13(8-11-19)18(2)3/h13-14,17H,4-12H2,1-3H3,(H,20,21). The molecule has 122 valence electrons. The molecule has 2 N–H and O–H groups in total. The number of carboxylic acid groups (broad SMARTS) is 1. The lowest BCUT2D eigenvalue weighted by Gasteiger charge is -2.45. The Morgan fingerprint density at radius 1 is 1.33 bits per heavy atom. The zero-order valence-corrected chi connectivity index (χ0v) is 13.8. The quantitative estimate of drug-likeness (QED) is 0.803. The minimum atomic E-state index is -0.698. The van der Waals surface area contributed by atoms with E-state index < -0.39 is 11.5 Å². The minimum Gasteiger partial charge on any atom is -0.480 e. The highest BCUT2D eigenvalue weighted by atomic mass is 16.4. The molecule has 2 fully saturated rings. The van der Waals surface area contributed by atoms with Crippen LogP contribution in [0.2, 0.25) is 0 Å². The van der Waals surface area contributed by atoms with Crippen molar-refractivity contribution >= 4 is 5.97 Å². The van der Waals surface area contributed by atoms with Crippen LogP contribution in [-0.2, 0) is 4.79 Å². The van der Waals surface area contributed by atoms with Crippen LogP contribution in [0.25, 0.3) is 0 Å². The highest BCUT2D eigenvalue weighted by Gasteiger charge is 2.44. The molecule has 0 aromatic rings. The van der Waals surface area contributed by atoms with Crippen LogP contribution in [0.4, 0.5) is 0 Å². The van der Waals surface area contributed by atoms with Crippen LogP contribution >= 0.6 is 0 Å². The van der Waals surface area contributed by atoms with Crippen molar-refractivity contribution in [3.63, 3.8) is 0 Å². The molecule has 0 radical (unpaired) electrons. The maximum Gasteiger partial charge on any atom is 0.323 e. The molecule has 21 heavy (non-hydrogen) atoms. The largest absolute Gasteiger partial charge is 0.480 e. The van der Waals surface area contributed by atoms with Gasteiger partial charge in [0.2, 0.25) is 0 Å². The number of hydrogen-bond donors (Lipinski definition) is 2. The fraction of sp³-hybridized carbons (Fsp3) is 0.938. The summed E-state index contributed by atoms with van der Waals surface area (Å²) in [5, 5.41) is 12.9. The average molecular weight is 297 g/mol. The summed E-state index contributed by atoms with van der Waals surface area (Å²) in [6.45, 7) is 4.93. The Morgan fingerprint density at radius 3 is 2.52 bits per heavy atom. The molecule has 2 aliphatic rings. The predicted octanol–water partition coefficient (Wildman–Crippen LogP) is 1.39. The Labute approximate surface area is 128 Å². The third-order valence-corrected chi connectivity index (χ3v) is 5.40. The summed E-state index contributed by atoms with van der Waals surface area (Å²) < 4.78 is 0. The van der Waals surface area contributed by atoms with E-state index in [1.807, 2.05) is 6.92 Å². The van der Waals surface area contributed by atoms with Gasteiger partial charge in [-0.25, -0.2) is 0 Å². The summed E-state index contributed by atoms with van der Waals surface area (Å²) in [4.78, 5) is 16.6. The lowest BCUT2D eigenvalue weighted by Crippen LogP contribution is -2.59. The number of likely N-dealkylation sites (N-methyl/N-ethyl adjacent to an activating group) is 1. The summed E-state index contributed by atoms with van der Waals surface area (Å²) in [7, 11) is 4.31. The fourth-order valence-corrected chi connectivity index (χ4v) is 4.09. The number of nitrogens with one attached hydrogen (secondary N) is 1. The predicted molar refractivity (Wildman–Crippen MR) is 84.6 cm³/mol. The second-order valence-electron chi connectivity index (χ2n) is 6.90. The molecule has 1 aliphatic heterocycles. The fourth-order valence-electron chi connectivity index (χ4n) is 4.09. The van der Waals surface area contributed by atoms with Crippen molar-refractivity contribution in [1.29, 1.82) is 0 Å². The zero-order chi connectivity index (χ0) is 15.5. The molecule has 5 heteroatoms. The van der Waals surface area contributed by atoms with Crippen molar-refractivity contribution < 1.29 is 9.90 Å². The minimum absolute atomic E-state index is 0.428. The first-order valence-corrected chi connectivity index (χ1v) is 8.37. The first-order valence-electron chi connectivity index (χ1n) is 8.37. The second kappa shape index (κ2) is 7.07. The van der Waals surface area contributed by atoms with Crippen LogP contribution in [0, 0.1) is 0 Å². The van der Waals surface area contributed by atoms with E-state index in [0.717, 1.165) is 45.3 Å². The zero-order valence-electron chi connectivity index (χ0n) is 13.8. The summed E-state index contributed by atoms with van der Waals surface area (Å²) in [6, 6.07) is 1.11. The van der Waals surface area contributed by atoms with E-state index in [1.54, 1.807) is 0 Å². The molecule has 0 bridgehead atoms. The molecule has 0 amide bonds. The van der Waals surface area contributed by atoms with E-state index in [-0.39, 0.29) is 0 Å². The van der Waals surface area contributed by atoms with Gasteiger partial charge in [-0.3, -0.25) is 4.79 Å². The Bertz CT molecular complexity index is 349. The molecule has 1 saturated heterocycles. The molecule has 1 heterocycles. The van der Waals surface area contributed by atoms with Crippen molar-refractivity contribution in [3.8, 4) is 0 Å². The van der Waals surface area contributed by atoms with Gasteiger partial charge >= 0.3 is 5.97 Å². The normalized spacial score (nSPS) is 32.5. The lowest BCUT2D eigenvalue weighted by molar-refractivity contribution is -0.147. The molecule has 2 unspecified atom stereocenters. The molecule has 0 aromatic carbocycles. The van der Waals surface area contributed by atoms with Crippen molar-refractivity contribution in [2.75, 3.05) is 33.7 Å². The van der Waals surface area contributed by atoms with Crippen molar-refractivity contribution in [3.05, 3.63) is 0 Å². The smallest absolute Gasteiger partial charge is 0.323 e. The third-order valence-electron chi connectivity index (χ3n) is 5.40. The molecule has 1 saturated carbocycles. The Hall–Kier alpha value is -0.650. The Kier molecular flexibility index (Phi) is 5.63. The highest BCUT2D eigenvalue weighted by molar-refractivity contribution is 5.79. The van der Waals surface area contributed by atoms with Gasteiger partial charge in [-0.05, 0) is 72.3 Å². The van der Waals surface area contributed by atoms with E-state index in [9.17, 15) is 9.90 Å². The SMILES string of the molecule is CCNC1(C(=O)O)CCCC(N2CCC(N(C)C)CC2)C1. The lowest BCUT2D eigenvalue weighted by atomic mass is 9.77. The van der Waals surface area contributed by atoms with Crippen molar-refractivity contribution in [2.45, 2.75) is 63.1 Å². The van der Waals surface area contributed by atoms with Gasteiger partial charge in [0.15, 0.2) is 0 Å². The number of carbonyl (C=O) groups is 1. The number of nitrogens with zero attached hydrogens (tertiary/aromatic N) is 2. The van der Waals surface area contributed by atoms with Gasteiger partial charge in [0.05, 0.1) is 0 Å². The van der Waals surface area contributed by atoms with Crippen LogP contribution in [0.15, 0.2) is 0 Å². The second-order valence-corrected chi connectivity index (χ2v) is 6.90. The molecule has 2 atom stereocenters.